The molecule has 0 unspecified atom stereocenters. The number of hydrogen-bond acceptors (Lipinski definition) is 5. The third kappa shape index (κ3) is 7.62. The van der Waals surface area contributed by atoms with Gasteiger partial charge in [0.1, 0.15) is 11.2 Å². The molecule has 0 atom stereocenters. The van der Waals surface area contributed by atoms with Gasteiger partial charge in [-0.1, -0.05) is 221 Å². The predicted octanol–water partition coefficient (Wildman–Crippen LogP) is 22.3. The minimum Gasteiger partial charge on any atom is -0.454 e. The standard InChI is InChI=1S/C75H68N2O2SSi/c1-46(2)80-64-40-24-36-57-55-34-22-38-61(69(55)78-71(57)64)76(47-26-14-12-15-27-47)49-42-43-54-59(44-49)50-30-18-20-32-52(50)67-66-53-33-21-19-31-51(53)63(45-60(66)75(68(54)67,73(3,4)5)74(6,7)8)77(48-28-16-13-17-29-48)62-39-23-35-56-58-37-25-41-65(81(9,10)11)72(58)79-70(56)62/h12-46H,1-11H3. The minimum absolute atomic E-state index is 0.289. The second kappa shape index (κ2) is 18.5. The molecule has 6 heteroatoms. The van der Waals surface area contributed by atoms with Crippen LogP contribution in [0.3, 0.4) is 0 Å². The molecule has 4 nitrogen and oxygen atoms in total. The van der Waals surface area contributed by atoms with Crippen LogP contribution in [0.4, 0.5) is 34.1 Å². The number of thioether (sulfide) groups is 1. The molecule has 11 aromatic carbocycles. The Balaban J connectivity index is 1.07. The highest BCUT2D eigenvalue weighted by atomic mass is 32.2. The van der Waals surface area contributed by atoms with Crippen LogP contribution in [0.5, 0.6) is 0 Å². The summed E-state index contributed by atoms with van der Waals surface area (Å²) in [5.41, 5.74) is 14.4. The largest absolute Gasteiger partial charge is 0.454 e. The monoisotopic (exact) mass is 1090 g/mol. The van der Waals surface area contributed by atoms with E-state index in [-0.39, 0.29) is 10.8 Å². The summed E-state index contributed by atoms with van der Waals surface area (Å²) in [5.74, 6) is 0. The molecule has 0 spiro atoms. The quantitative estimate of drug-likeness (QED) is 0.0817. The van der Waals surface area contributed by atoms with E-state index in [1.54, 1.807) is 0 Å². The van der Waals surface area contributed by atoms with Gasteiger partial charge in [0.15, 0.2) is 11.2 Å². The van der Waals surface area contributed by atoms with Crippen molar-refractivity contribution in [3.8, 4) is 11.1 Å². The lowest BCUT2D eigenvalue weighted by Gasteiger charge is -2.53. The highest BCUT2D eigenvalue weighted by molar-refractivity contribution is 8.00. The zero-order valence-corrected chi connectivity index (χ0v) is 50.1. The van der Waals surface area contributed by atoms with E-state index in [1.165, 1.54) is 65.1 Å². The van der Waals surface area contributed by atoms with E-state index in [0.29, 0.717) is 5.25 Å². The number of anilines is 6. The number of hydrogen-bond donors (Lipinski definition) is 0. The molecule has 0 radical (unpaired) electrons. The van der Waals surface area contributed by atoms with Crippen LogP contribution in [0.15, 0.2) is 220 Å². The smallest absolute Gasteiger partial charge is 0.159 e. The van der Waals surface area contributed by atoms with Gasteiger partial charge < -0.3 is 18.6 Å². The molecule has 2 heterocycles. The van der Waals surface area contributed by atoms with E-state index in [1.807, 2.05) is 11.8 Å². The molecule has 0 aliphatic heterocycles. The summed E-state index contributed by atoms with van der Waals surface area (Å²) in [4.78, 5) is 6.06. The molecular formula is C75H68N2O2SSi. The third-order valence-corrected chi connectivity index (χ3v) is 20.5. The topological polar surface area (TPSA) is 32.8 Å². The van der Waals surface area contributed by atoms with Crippen LogP contribution >= 0.6 is 11.8 Å². The van der Waals surface area contributed by atoms with Gasteiger partial charge in [0.2, 0.25) is 0 Å². The van der Waals surface area contributed by atoms with Gasteiger partial charge in [0.25, 0.3) is 0 Å². The van der Waals surface area contributed by atoms with E-state index in [2.05, 4.69) is 291 Å². The van der Waals surface area contributed by atoms with Crippen molar-refractivity contribution in [1.82, 2.24) is 0 Å². The Bertz CT molecular complexity index is 4650. The summed E-state index contributed by atoms with van der Waals surface area (Å²) in [5, 5.41) is 13.7. The van der Waals surface area contributed by atoms with Crippen molar-refractivity contribution < 1.29 is 8.83 Å². The number of rotatable bonds is 9. The van der Waals surface area contributed by atoms with Crippen molar-refractivity contribution in [2.45, 2.75) is 90.6 Å². The molecule has 0 amide bonds. The maximum absolute atomic E-state index is 7.28. The van der Waals surface area contributed by atoms with Crippen molar-refractivity contribution >= 4 is 135 Å². The van der Waals surface area contributed by atoms with Crippen molar-refractivity contribution in [2.24, 2.45) is 10.8 Å². The Morgan fingerprint density at radius 2 is 0.877 bits per heavy atom. The van der Waals surface area contributed by atoms with E-state index in [4.69, 9.17) is 8.83 Å². The van der Waals surface area contributed by atoms with Gasteiger partial charge in [-0.15, -0.1) is 11.8 Å². The fourth-order valence-corrected chi connectivity index (χ4v) is 17.1. The number of para-hydroxylation sites is 6. The predicted molar refractivity (Wildman–Crippen MR) is 352 cm³/mol. The Kier molecular flexibility index (Phi) is 11.7. The van der Waals surface area contributed by atoms with Crippen molar-refractivity contribution in [1.29, 1.82) is 0 Å². The van der Waals surface area contributed by atoms with Crippen LogP contribution in [0.1, 0.15) is 66.5 Å². The summed E-state index contributed by atoms with van der Waals surface area (Å²) in [6.07, 6.45) is 0. The van der Waals surface area contributed by atoms with Crippen LogP contribution < -0.4 is 15.0 Å². The highest BCUT2D eigenvalue weighted by Crippen LogP contribution is 2.69. The van der Waals surface area contributed by atoms with Crippen molar-refractivity contribution in [3.05, 3.63) is 217 Å². The van der Waals surface area contributed by atoms with Gasteiger partial charge in [-0.25, -0.2) is 0 Å². The molecule has 0 fully saturated rings. The number of benzene rings is 11. The van der Waals surface area contributed by atoms with Gasteiger partial charge in [0, 0.05) is 54.7 Å². The van der Waals surface area contributed by atoms with Gasteiger partial charge in [-0.2, -0.15) is 0 Å². The second-order valence-corrected chi connectivity index (χ2v) is 32.4. The lowest BCUT2D eigenvalue weighted by molar-refractivity contribution is 0.0965. The summed E-state index contributed by atoms with van der Waals surface area (Å²) in [7, 11) is -1.78. The summed E-state index contributed by atoms with van der Waals surface area (Å²) in [6.45, 7) is 26.6. The molecule has 0 saturated carbocycles. The van der Waals surface area contributed by atoms with Gasteiger partial charge in [-0.3, -0.25) is 0 Å². The molecule has 13 aromatic rings. The van der Waals surface area contributed by atoms with E-state index < -0.39 is 13.5 Å². The lowest BCUT2D eigenvalue weighted by Crippen LogP contribution is -2.50. The molecule has 81 heavy (non-hydrogen) atoms. The lowest BCUT2D eigenvalue weighted by atomic mass is 9.49. The van der Waals surface area contributed by atoms with Gasteiger partial charge in [0.05, 0.1) is 30.0 Å². The van der Waals surface area contributed by atoms with E-state index in [9.17, 15) is 0 Å². The Morgan fingerprint density at radius 3 is 1.47 bits per heavy atom. The Morgan fingerprint density at radius 1 is 0.395 bits per heavy atom. The molecule has 0 saturated heterocycles. The normalized spacial score (nSPS) is 13.6. The van der Waals surface area contributed by atoms with Crippen LogP contribution in [-0.2, 0) is 5.41 Å². The van der Waals surface area contributed by atoms with Crippen LogP contribution in [0, 0.1) is 10.8 Å². The summed E-state index contributed by atoms with van der Waals surface area (Å²) < 4.78 is 14.4. The maximum atomic E-state index is 7.28. The first-order valence-electron chi connectivity index (χ1n) is 28.8. The van der Waals surface area contributed by atoms with Gasteiger partial charge in [-0.05, 0) is 126 Å². The Labute approximate surface area is 481 Å². The zero-order chi connectivity index (χ0) is 55.9. The SMILES string of the molecule is CC(C)Sc1cccc2c1oc1c(N(c3ccccc3)c3ccc4c5c(c6ccccc6c4c3)-c3c(cc(N(c4ccccc4)c4cccc6c4oc4c([Si](C)(C)C)cccc46)c4ccccc34)C5(C(C)(C)C)C(C)(C)C)cccc12. The molecule has 0 bridgehead atoms. The van der Waals surface area contributed by atoms with Crippen molar-refractivity contribution in [3.63, 3.8) is 0 Å². The second-order valence-electron chi connectivity index (χ2n) is 25.7. The van der Waals surface area contributed by atoms with E-state index >= 15 is 0 Å². The average molecular weight is 1090 g/mol. The molecule has 1 aliphatic carbocycles. The molecule has 14 rings (SSSR count). The van der Waals surface area contributed by atoms with E-state index in [0.717, 1.165) is 77.5 Å². The number of nitrogens with zero attached hydrogens (tertiary/aromatic N) is 2. The first-order chi connectivity index (χ1) is 39.0. The van der Waals surface area contributed by atoms with Gasteiger partial charge >= 0.3 is 0 Å². The summed E-state index contributed by atoms with van der Waals surface area (Å²) >= 11 is 1.85. The molecule has 400 valence electrons. The minimum atomic E-state index is -1.78. The Hall–Kier alpha value is -8.03. The van der Waals surface area contributed by atoms with Crippen LogP contribution in [0.2, 0.25) is 19.6 Å². The highest BCUT2D eigenvalue weighted by Gasteiger charge is 2.59. The molecule has 1 aliphatic rings. The number of furan rings is 2. The summed E-state index contributed by atoms with van der Waals surface area (Å²) in [6, 6.07) is 76.7. The third-order valence-electron chi connectivity index (χ3n) is 17.5. The fraction of sp³-hybridized carbons (Fsp3) is 0.200. The first kappa shape index (κ1) is 51.1. The van der Waals surface area contributed by atoms with Crippen LogP contribution in [-0.4, -0.2) is 13.3 Å². The fourth-order valence-electron chi connectivity index (χ4n) is 14.8. The molecular weight excluding hydrogens is 1020 g/mol. The van der Waals surface area contributed by atoms with Crippen molar-refractivity contribution in [2.75, 3.05) is 9.80 Å². The first-order valence-corrected chi connectivity index (χ1v) is 33.1. The maximum Gasteiger partial charge on any atom is 0.159 e. The average Bonchev–Trinajstić information content (AvgIpc) is 4.37. The number of fused-ring (bicyclic) bond motifs is 16. The zero-order valence-electron chi connectivity index (χ0n) is 48.3. The molecule has 0 N–H and O–H groups in total. The molecule has 2 aromatic heterocycles. The van der Waals surface area contributed by atoms with Crippen LogP contribution in [0.25, 0.3) is 87.3 Å².